The molecule has 1 rings (SSSR count). The fourth-order valence-electron chi connectivity index (χ4n) is 1.08. The summed E-state index contributed by atoms with van der Waals surface area (Å²) in [6.07, 6.45) is 0.665. The van der Waals surface area contributed by atoms with Crippen LogP contribution in [0.5, 0.6) is 0 Å². The van der Waals surface area contributed by atoms with E-state index in [1.54, 1.807) is 6.92 Å². The van der Waals surface area contributed by atoms with Gasteiger partial charge in [0.25, 0.3) is 0 Å². The van der Waals surface area contributed by atoms with E-state index in [-0.39, 0.29) is 11.4 Å². The van der Waals surface area contributed by atoms with Crippen LogP contribution in [0.1, 0.15) is 23.7 Å². The first-order valence-electron chi connectivity index (χ1n) is 4.70. The van der Waals surface area contributed by atoms with Gasteiger partial charge >= 0.3 is 5.97 Å². The third-order valence-corrected chi connectivity index (χ3v) is 2.87. The maximum Gasteiger partial charge on any atom is 0.335 e. The SMILES string of the molecule is CC#CCCSc1cc(C(=O)O)ccc1F. The number of benzene rings is 1. The lowest BCUT2D eigenvalue weighted by Crippen LogP contribution is -1.97. The zero-order chi connectivity index (χ0) is 12.0. The molecule has 1 aromatic carbocycles. The van der Waals surface area contributed by atoms with Gasteiger partial charge in [0.1, 0.15) is 5.82 Å². The number of thioether (sulfide) groups is 1. The van der Waals surface area contributed by atoms with Crippen LogP contribution in [0.4, 0.5) is 4.39 Å². The Morgan fingerprint density at radius 2 is 2.31 bits per heavy atom. The molecule has 0 saturated carbocycles. The second-order valence-electron chi connectivity index (χ2n) is 2.98. The molecular weight excluding hydrogens is 227 g/mol. The van der Waals surface area contributed by atoms with E-state index in [1.165, 1.54) is 30.0 Å². The van der Waals surface area contributed by atoms with Crippen molar-refractivity contribution < 1.29 is 14.3 Å². The molecule has 84 valence electrons. The molecule has 0 aliphatic carbocycles. The van der Waals surface area contributed by atoms with Gasteiger partial charge in [0.2, 0.25) is 0 Å². The molecule has 0 heterocycles. The number of halogens is 1. The predicted octanol–water partition coefficient (Wildman–Crippen LogP) is 3.03. The molecule has 0 saturated heterocycles. The first kappa shape index (κ1) is 12.6. The summed E-state index contributed by atoms with van der Waals surface area (Å²) >= 11 is 1.28. The maximum absolute atomic E-state index is 13.3. The summed E-state index contributed by atoms with van der Waals surface area (Å²) in [6.45, 7) is 1.75. The molecule has 0 aliphatic rings. The number of carboxylic acids is 1. The highest BCUT2D eigenvalue weighted by atomic mass is 32.2. The summed E-state index contributed by atoms with van der Waals surface area (Å²) in [7, 11) is 0. The van der Waals surface area contributed by atoms with Crippen LogP contribution in [-0.2, 0) is 0 Å². The molecule has 2 nitrogen and oxygen atoms in total. The minimum atomic E-state index is -1.05. The van der Waals surface area contributed by atoms with Crippen molar-refractivity contribution in [3.63, 3.8) is 0 Å². The molecule has 1 aromatic rings. The zero-order valence-electron chi connectivity index (χ0n) is 8.79. The number of hydrogen-bond acceptors (Lipinski definition) is 2. The first-order chi connectivity index (χ1) is 7.65. The molecule has 0 atom stereocenters. The monoisotopic (exact) mass is 238 g/mol. The van der Waals surface area contributed by atoms with Gasteiger partial charge in [-0.25, -0.2) is 9.18 Å². The van der Waals surface area contributed by atoms with E-state index >= 15 is 0 Å². The largest absolute Gasteiger partial charge is 0.478 e. The van der Waals surface area contributed by atoms with Gasteiger partial charge in [-0.05, 0) is 25.1 Å². The summed E-state index contributed by atoms with van der Waals surface area (Å²) in [5.74, 6) is 4.83. The fraction of sp³-hybridized carbons (Fsp3) is 0.250. The van der Waals surface area contributed by atoms with Gasteiger partial charge in [0.15, 0.2) is 0 Å². The summed E-state index contributed by atoms with van der Waals surface area (Å²) in [4.78, 5) is 11.0. The lowest BCUT2D eigenvalue weighted by molar-refractivity contribution is 0.0696. The number of aromatic carboxylic acids is 1. The Morgan fingerprint density at radius 3 is 2.94 bits per heavy atom. The third-order valence-electron chi connectivity index (χ3n) is 1.84. The van der Waals surface area contributed by atoms with Crippen LogP contribution in [-0.4, -0.2) is 16.8 Å². The number of rotatable bonds is 4. The Kier molecular flexibility index (Phi) is 4.87. The minimum absolute atomic E-state index is 0.102. The Hall–Kier alpha value is -1.47. The maximum atomic E-state index is 13.3. The molecule has 0 aromatic heterocycles. The van der Waals surface area contributed by atoms with Gasteiger partial charge in [0.05, 0.1) is 5.56 Å². The van der Waals surface area contributed by atoms with E-state index in [4.69, 9.17) is 5.11 Å². The van der Waals surface area contributed by atoms with Crippen molar-refractivity contribution in [2.75, 3.05) is 5.75 Å². The van der Waals surface area contributed by atoms with Gasteiger partial charge in [-0.3, -0.25) is 0 Å². The van der Waals surface area contributed by atoms with E-state index in [2.05, 4.69) is 11.8 Å². The second-order valence-corrected chi connectivity index (χ2v) is 4.11. The molecule has 0 aliphatic heterocycles. The Morgan fingerprint density at radius 1 is 1.56 bits per heavy atom. The van der Waals surface area contributed by atoms with Crippen molar-refractivity contribution >= 4 is 17.7 Å². The molecular formula is C12H11FO2S. The summed E-state index contributed by atoms with van der Waals surface area (Å²) in [5.41, 5.74) is 0.102. The number of hydrogen-bond donors (Lipinski definition) is 1. The second kappa shape index (κ2) is 6.19. The molecule has 0 spiro atoms. The van der Waals surface area contributed by atoms with Crippen LogP contribution in [0.3, 0.4) is 0 Å². The Bertz CT molecular complexity index is 446. The van der Waals surface area contributed by atoms with Crippen molar-refractivity contribution in [1.82, 2.24) is 0 Å². The lowest BCUT2D eigenvalue weighted by atomic mass is 10.2. The molecule has 1 N–H and O–H groups in total. The van der Waals surface area contributed by atoms with Crippen molar-refractivity contribution in [2.24, 2.45) is 0 Å². The smallest absolute Gasteiger partial charge is 0.335 e. The lowest BCUT2D eigenvalue weighted by Gasteiger charge is -2.02. The Balaban J connectivity index is 2.73. The van der Waals surface area contributed by atoms with Gasteiger partial charge in [-0.15, -0.1) is 23.6 Å². The molecule has 0 bridgehead atoms. The molecule has 4 heteroatoms. The topological polar surface area (TPSA) is 37.3 Å². The van der Waals surface area contributed by atoms with Gasteiger partial charge < -0.3 is 5.11 Å². The normalized spacial score (nSPS) is 9.38. The molecule has 0 amide bonds. The van der Waals surface area contributed by atoms with Crippen LogP contribution in [0.2, 0.25) is 0 Å². The van der Waals surface area contributed by atoms with Crippen LogP contribution >= 0.6 is 11.8 Å². The minimum Gasteiger partial charge on any atom is -0.478 e. The fourth-order valence-corrected chi connectivity index (χ4v) is 1.92. The number of carbonyl (C=O) groups is 1. The van der Waals surface area contributed by atoms with E-state index < -0.39 is 5.97 Å². The van der Waals surface area contributed by atoms with Crippen LogP contribution in [0, 0.1) is 17.7 Å². The molecule has 0 fully saturated rings. The van der Waals surface area contributed by atoms with E-state index in [9.17, 15) is 9.18 Å². The van der Waals surface area contributed by atoms with E-state index in [1.807, 2.05) is 0 Å². The third kappa shape index (κ3) is 3.59. The number of carboxylic acid groups (broad SMARTS) is 1. The Labute approximate surface area is 97.9 Å². The van der Waals surface area contributed by atoms with Gasteiger partial charge in [-0.2, -0.15) is 0 Å². The summed E-state index contributed by atoms with van der Waals surface area (Å²) < 4.78 is 13.3. The van der Waals surface area contributed by atoms with Crippen LogP contribution < -0.4 is 0 Å². The standard InChI is InChI=1S/C12H11FO2S/c1-2-3-4-7-16-11-8-9(12(14)15)5-6-10(11)13/h5-6,8H,4,7H2,1H3,(H,14,15). The zero-order valence-corrected chi connectivity index (χ0v) is 9.60. The van der Waals surface area contributed by atoms with Crippen LogP contribution in [0.25, 0.3) is 0 Å². The average molecular weight is 238 g/mol. The summed E-state index contributed by atoms with van der Waals surface area (Å²) in [5, 5.41) is 8.76. The van der Waals surface area contributed by atoms with E-state index in [0.29, 0.717) is 17.1 Å². The molecule has 0 unspecified atom stereocenters. The van der Waals surface area contributed by atoms with Gasteiger partial charge in [-0.1, -0.05) is 0 Å². The van der Waals surface area contributed by atoms with Gasteiger partial charge in [0, 0.05) is 17.1 Å². The highest BCUT2D eigenvalue weighted by Gasteiger charge is 2.08. The highest BCUT2D eigenvalue weighted by molar-refractivity contribution is 7.99. The molecule has 16 heavy (non-hydrogen) atoms. The van der Waals surface area contributed by atoms with E-state index in [0.717, 1.165) is 0 Å². The van der Waals surface area contributed by atoms with Crippen molar-refractivity contribution in [2.45, 2.75) is 18.2 Å². The predicted molar refractivity (Wildman–Crippen MR) is 62.2 cm³/mol. The van der Waals surface area contributed by atoms with Crippen molar-refractivity contribution in [3.05, 3.63) is 29.6 Å². The average Bonchev–Trinajstić information content (AvgIpc) is 2.26. The highest BCUT2D eigenvalue weighted by Crippen LogP contribution is 2.23. The van der Waals surface area contributed by atoms with Crippen molar-refractivity contribution in [3.8, 4) is 11.8 Å². The van der Waals surface area contributed by atoms with Crippen LogP contribution in [0.15, 0.2) is 23.1 Å². The molecule has 0 radical (unpaired) electrons. The quantitative estimate of drug-likeness (QED) is 0.497. The van der Waals surface area contributed by atoms with Crippen molar-refractivity contribution in [1.29, 1.82) is 0 Å². The summed E-state index contributed by atoms with van der Waals surface area (Å²) in [6, 6.07) is 3.78. The first-order valence-corrected chi connectivity index (χ1v) is 5.69.